The molecule has 0 saturated carbocycles. The Labute approximate surface area is 163 Å². The number of carbonyl (C=O) groups is 2. The van der Waals surface area contributed by atoms with E-state index in [1.54, 1.807) is 0 Å². The van der Waals surface area contributed by atoms with Gasteiger partial charge >= 0.3 is 5.97 Å². The number of sulfonamides is 1. The lowest BCUT2D eigenvalue weighted by molar-refractivity contribution is -0.117. The molecule has 9 nitrogen and oxygen atoms in total. The van der Waals surface area contributed by atoms with Crippen molar-refractivity contribution >= 4 is 27.6 Å². The summed E-state index contributed by atoms with van der Waals surface area (Å²) in [4.78, 5) is 24.0. The van der Waals surface area contributed by atoms with Gasteiger partial charge in [0.15, 0.2) is 5.76 Å². The molecule has 1 amide bonds. The van der Waals surface area contributed by atoms with Crippen molar-refractivity contribution in [2.45, 2.75) is 45.1 Å². The second kappa shape index (κ2) is 8.98. The number of esters is 1. The van der Waals surface area contributed by atoms with Gasteiger partial charge < -0.3 is 14.6 Å². The van der Waals surface area contributed by atoms with E-state index in [0.717, 1.165) is 6.42 Å². The van der Waals surface area contributed by atoms with E-state index in [9.17, 15) is 18.0 Å². The number of hydrogen-bond donors (Lipinski definition) is 2. The summed E-state index contributed by atoms with van der Waals surface area (Å²) >= 11 is 0. The Balaban J connectivity index is 2.01. The Hall–Kier alpha value is -2.72. The lowest BCUT2D eigenvalue weighted by Gasteiger charge is -2.14. The second-order valence-corrected chi connectivity index (χ2v) is 7.85. The first-order chi connectivity index (χ1) is 13.2. The minimum absolute atomic E-state index is 0.0814. The fourth-order valence-electron chi connectivity index (χ4n) is 2.42. The van der Waals surface area contributed by atoms with Crippen molar-refractivity contribution in [3.05, 3.63) is 41.3 Å². The number of aromatic nitrogens is 1. The Morgan fingerprint density at radius 1 is 1.21 bits per heavy atom. The second-order valence-electron chi connectivity index (χ2n) is 6.20. The molecule has 2 N–H and O–H groups in total. The van der Waals surface area contributed by atoms with Gasteiger partial charge in [0.05, 0.1) is 18.2 Å². The number of hydrogen-bond acceptors (Lipinski definition) is 7. The summed E-state index contributed by atoms with van der Waals surface area (Å²) in [6, 6.07) is 5.07. The van der Waals surface area contributed by atoms with Crippen LogP contribution in [0.1, 0.15) is 42.1 Å². The summed E-state index contributed by atoms with van der Waals surface area (Å²) in [5.41, 5.74) is 0.988. The largest absolute Gasteiger partial charge is 0.462 e. The molecule has 1 aromatic carbocycles. The number of anilines is 1. The van der Waals surface area contributed by atoms with Crippen molar-refractivity contribution in [2.24, 2.45) is 0 Å². The maximum atomic E-state index is 12.5. The lowest BCUT2D eigenvalue weighted by atomic mass is 10.2. The van der Waals surface area contributed by atoms with Gasteiger partial charge in [0.1, 0.15) is 10.6 Å². The molecule has 0 aliphatic carbocycles. The van der Waals surface area contributed by atoms with E-state index in [1.807, 2.05) is 6.92 Å². The van der Waals surface area contributed by atoms with E-state index in [1.165, 1.54) is 45.0 Å². The van der Waals surface area contributed by atoms with E-state index in [0.29, 0.717) is 17.9 Å². The Bertz CT molecular complexity index is 931. The summed E-state index contributed by atoms with van der Waals surface area (Å²) in [5, 5.41) is 6.20. The average Bonchev–Trinajstić information content (AvgIpc) is 2.99. The van der Waals surface area contributed by atoms with Crippen LogP contribution in [0.25, 0.3) is 0 Å². The quantitative estimate of drug-likeness (QED) is 0.640. The highest BCUT2D eigenvalue weighted by atomic mass is 32.2. The molecule has 0 radical (unpaired) electrons. The topological polar surface area (TPSA) is 128 Å². The fourth-order valence-corrected chi connectivity index (χ4v) is 3.95. The van der Waals surface area contributed by atoms with Gasteiger partial charge in [-0.3, -0.25) is 4.79 Å². The van der Waals surface area contributed by atoms with Gasteiger partial charge in [0.2, 0.25) is 15.9 Å². The van der Waals surface area contributed by atoms with Gasteiger partial charge in [-0.1, -0.05) is 12.1 Å². The van der Waals surface area contributed by atoms with Crippen LogP contribution in [0.3, 0.4) is 0 Å². The zero-order valence-electron chi connectivity index (χ0n) is 16.1. The lowest BCUT2D eigenvalue weighted by Crippen LogP contribution is -2.41. The van der Waals surface area contributed by atoms with Gasteiger partial charge in [-0.25, -0.2) is 13.2 Å². The summed E-state index contributed by atoms with van der Waals surface area (Å²) in [6.45, 7) is 6.63. The summed E-state index contributed by atoms with van der Waals surface area (Å²) in [7, 11) is -3.97. The minimum Gasteiger partial charge on any atom is -0.462 e. The Kier molecular flexibility index (Phi) is 6.92. The van der Waals surface area contributed by atoms with Crippen molar-refractivity contribution in [1.82, 2.24) is 9.88 Å². The third-order valence-corrected chi connectivity index (χ3v) is 5.57. The molecule has 1 heterocycles. The highest BCUT2D eigenvalue weighted by Gasteiger charge is 2.28. The standard InChI is InChI=1S/C18H23N3O6S/c1-5-10-26-18(23)14-6-8-15(9-7-14)19-17(22)12(3)21-28(24,25)16-11(2)20-27-13(16)4/h6-9,12,21H,5,10H2,1-4H3,(H,19,22)/t12-/m0/s1. The van der Waals surface area contributed by atoms with E-state index < -0.39 is 27.9 Å². The molecule has 0 aliphatic rings. The van der Waals surface area contributed by atoms with Gasteiger partial charge in [0.25, 0.3) is 0 Å². The highest BCUT2D eigenvalue weighted by molar-refractivity contribution is 7.89. The number of aryl methyl sites for hydroxylation is 2. The van der Waals surface area contributed by atoms with Crippen LogP contribution in [0.15, 0.2) is 33.7 Å². The molecule has 0 spiro atoms. The van der Waals surface area contributed by atoms with E-state index in [2.05, 4.69) is 15.2 Å². The number of rotatable bonds is 8. The van der Waals surface area contributed by atoms with Crippen LogP contribution in [0.5, 0.6) is 0 Å². The Morgan fingerprint density at radius 3 is 2.39 bits per heavy atom. The van der Waals surface area contributed by atoms with Gasteiger partial charge in [0, 0.05) is 5.69 Å². The van der Waals surface area contributed by atoms with Crippen molar-refractivity contribution in [3.8, 4) is 0 Å². The normalized spacial score (nSPS) is 12.4. The van der Waals surface area contributed by atoms with Gasteiger partial charge in [-0.05, 0) is 51.5 Å². The predicted molar refractivity (Wildman–Crippen MR) is 101 cm³/mol. The third kappa shape index (κ3) is 5.17. The predicted octanol–water partition coefficient (Wildman–Crippen LogP) is 2.16. The number of benzene rings is 1. The molecule has 28 heavy (non-hydrogen) atoms. The number of carbonyl (C=O) groups excluding carboxylic acids is 2. The molecule has 10 heteroatoms. The average molecular weight is 409 g/mol. The van der Waals surface area contributed by atoms with E-state index in [-0.39, 0.29) is 16.3 Å². The molecule has 2 rings (SSSR count). The van der Waals surface area contributed by atoms with Crippen LogP contribution in [-0.2, 0) is 19.6 Å². The molecule has 0 aliphatic heterocycles. The van der Waals surface area contributed by atoms with Gasteiger partial charge in [-0.15, -0.1) is 0 Å². The monoisotopic (exact) mass is 409 g/mol. The van der Waals surface area contributed by atoms with Crippen molar-refractivity contribution in [1.29, 1.82) is 0 Å². The molecule has 152 valence electrons. The first kappa shape index (κ1) is 21.6. The fraction of sp³-hybridized carbons (Fsp3) is 0.389. The zero-order chi connectivity index (χ0) is 20.9. The van der Waals surface area contributed by atoms with Gasteiger partial charge in [-0.2, -0.15) is 4.72 Å². The van der Waals surface area contributed by atoms with Crippen LogP contribution in [0.2, 0.25) is 0 Å². The molecular weight excluding hydrogens is 386 g/mol. The Morgan fingerprint density at radius 2 is 1.86 bits per heavy atom. The summed E-state index contributed by atoms with van der Waals surface area (Å²) in [6.07, 6.45) is 0.724. The number of amides is 1. The number of ether oxygens (including phenoxy) is 1. The van der Waals surface area contributed by atoms with E-state index >= 15 is 0 Å². The number of nitrogens with one attached hydrogen (secondary N) is 2. The SMILES string of the molecule is CCCOC(=O)c1ccc(NC(=O)[C@H](C)NS(=O)(=O)c2c(C)noc2C)cc1. The van der Waals surface area contributed by atoms with Crippen molar-refractivity contribution < 1.29 is 27.3 Å². The summed E-state index contributed by atoms with van der Waals surface area (Å²) in [5.74, 6) is -0.861. The van der Waals surface area contributed by atoms with Crippen molar-refractivity contribution in [2.75, 3.05) is 11.9 Å². The van der Waals surface area contributed by atoms with Crippen LogP contribution >= 0.6 is 0 Å². The third-order valence-electron chi connectivity index (χ3n) is 3.79. The van der Waals surface area contributed by atoms with Crippen LogP contribution < -0.4 is 10.0 Å². The molecule has 0 fully saturated rings. The molecule has 2 aromatic rings. The van der Waals surface area contributed by atoms with Crippen LogP contribution in [0.4, 0.5) is 5.69 Å². The molecule has 1 aromatic heterocycles. The smallest absolute Gasteiger partial charge is 0.338 e. The maximum absolute atomic E-state index is 12.5. The van der Waals surface area contributed by atoms with Crippen LogP contribution in [-0.4, -0.2) is 38.1 Å². The molecule has 0 bridgehead atoms. The molecular formula is C18H23N3O6S. The maximum Gasteiger partial charge on any atom is 0.338 e. The minimum atomic E-state index is -3.97. The molecule has 0 saturated heterocycles. The first-order valence-corrected chi connectivity index (χ1v) is 10.2. The van der Waals surface area contributed by atoms with Crippen molar-refractivity contribution in [3.63, 3.8) is 0 Å². The molecule has 0 unspecified atom stereocenters. The summed E-state index contributed by atoms with van der Waals surface area (Å²) < 4.78 is 37.1. The zero-order valence-corrected chi connectivity index (χ0v) is 16.9. The van der Waals surface area contributed by atoms with Crippen LogP contribution in [0, 0.1) is 13.8 Å². The number of nitrogens with zero attached hydrogens (tertiary/aromatic N) is 1. The first-order valence-electron chi connectivity index (χ1n) is 8.69. The molecule has 1 atom stereocenters. The van der Waals surface area contributed by atoms with E-state index in [4.69, 9.17) is 9.26 Å². The highest BCUT2D eigenvalue weighted by Crippen LogP contribution is 2.19.